The van der Waals surface area contributed by atoms with E-state index >= 15 is 0 Å². The van der Waals surface area contributed by atoms with Gasteiger partial charge in [0.15, 0.2) is 0 Å². The number of hydrogen-bond donors (Lipinski definition) is 1. The maximum Gasteiger partial charge on any atom is 0.253 e. The summed E-state index contributed by atoms with van der Waals surface area (Å²) in [5.74, 6) is 0.687. The minimum Gasteiger partial charge on any atom is -0.371 e. The number of anilines is 2. The lowest BCUT2D eigenvalue weighted by Gasteiger charge is -2.30. The van der Waals surface area contributed by atoms with Gasteiger partial charge in [-0.05, 0) is 61.9 Å². The highest BCUT2D eigenvalue weighted by molar-refractivity contribution is 7.89. The number of sulfonamides is 1. The molecule has 1 amide bonds. The second kappa shape index (κ2) is 10.1. The van der Waals surface area contributed by atoms with Crippen LogP contribution < -0.4 is 15.1 Å². The van der Waals surface area contributed by atoms with Crippen molar-refractivity contribution in [1.29, 1.82) is 0 Å². The summed E-state index contributed by atoms with van der Waals surface area (Å²) in [5.41, 5.74) is 2.08. The van der Waals surface area contributed by atoms with E-state index in [0.29, 0.717) is 12.1 Å². The van der Waals surface area contributed by atoms with Crippen LogP contribution in [0.5, 0.6) is 0 Å². The second-order valence-corrected chi connectivity index (χ2v) is 11.1. The predicted octanol–water partition coefficient (Wildman–Crippen LogP) is 2.85. The summed E-state index contributed by atoms with van der Waals surface area (Å²) < 4.78 is 26.5. The van der Waals surface area contributed by atoms with Gasteiger partial charge in [0.25, 0.3) is 5.91 Å². The van der Waals surface area contributed by atoms with Crippen LogP contribution in [0.1, 0.15) is 48.0 Å². The maximum atomic E-state index is 13.2. The van der Waals surface area contributed by atoms with Gasteiger partial charge in [0.1, 0.15) is 5.82 Å². The van der Waals surface area contributed by atoms with Crippen molar-refractivity contribution in [2.75, 3.05) is 50.1 Å². The van der Waals surface area contributed by atoms with Gasteiger partial charge in [-0.2, -0.15) is 0 Å². The lowest BCUT2D eigenvalue weighted by atomic mass is 10.1. The van der Waals surface area contributed by atoms with Crippen LogP contribution in [-0.2, 0) is 16.6 Å². The summed E-state index contributed by atoms with van der Waals surface area (Å²) in [6.45, 7) is 4.13. The van der Waals surface area contributed by atoms with Gasteiger partial charge in [-0.3, -0.25) is 4.79 Å². The van der Waals surface area contributed by atoms with Crippen molar-refractivity contribution >= 4 is 27.4 Å². The van der Waals surface area contributed by atoms with Crippen LogP contribution in [0, 0.1) is 0 Å². The molecule has 2 aliphatic heterocycles. The molecule has 0 atom stereocenters. The molecular formula is C24H33N5O3S. The Labute approximate surface area is 196 Å². The normalized spacial score (nSPS) is 16.9. The number of pyridine rings is 1. The van der Waals surface area contributed by atoms with Crippen LogP contribution in [0.25, 0.3) is 0 Å². The Hall–Kier alpha value is -2.65. The summed E-state index contributed by atoms with van der Waals surface area (Å²) in [5, 5.41) is 2.96. The zero-order valence-electron chi connectivity index (χ0n) is 19.5. The Morgan fingerprint density at radius 2 is 1.64 bits per heavy atom. The summed E-state index contributed by atoms with van der Waals surface area (Å²) >= 11 is 0. The largest absolute Gasteiger partial charge is 0.371 e. The molecule has 33 heavy (non-hydrogen) atoms. The van der Waals surface area contributed by atoms with E-state index in [4.69, 9.17) is 0 Å². The number of hydrogen-bond acceptors (Lipinski definition) is 6. The quantitative estimate of drug-likeness (QED) is 0.668. The Morgan fingerprint density at radius 1 is 0.970 bits per heavy atom. The molecule has 3 heterocycles. The van der Waals surface area contributed by atoms with Crippen molar-refractivity contribution in [3.05, 3.63) is 47.7 Å². The number of nitrogens with zero attached hydrogens (tertiary/aromatic N) is 4. The smallest absolute Gasteiger partial charge is 0.253 e. The van der Waals surface area contributed by atoms with Gasteiger partial charge in [0.2, 0.25) is 10.0 Å². The van der Waals surface area contributed by atoms with Gasteiger partial charge in [-0.1, -0.05) is 6.07 Å². The fourth-order valence-corrected chi connectivity index (χ4v) is 5.34. The highest BCUT2D eigenvalue weighted by Gasteiger charge is 2.24. The number of carbonyl (C=O) groups excluding carboxylic acids is 1. The predicted molar refractivity (Wildman–Crippen MR) is 130 cm³/mol. The number of nitrogens with one attached hydrogen (secondary N) is 1. The second-order valence-electron chi connectivity index (χ2n) is 8.92. The average molecular weight is 472 g/mol. The van der Waals surface area contributed by atoms with Gasteiger partial charge in [-0.15, -0.1) is 0 Å². The summed E-state index contributed by atoms with van der Waals surface area (Å²) in [6, 6.07) is 8.85. The van der Waals surface area contributed by atoms with Crippen molar-refractivity contribution in [2.24, 2.45) is 0 Å². The highest BCUT2D eigenvalue weighted by atomic mass is 32.2. The van der Waals surface area contributed by atoms with Crippen molar-refractivity contribution in [3.63, 3.8) is 0 Å². The molecule has 0 unspecified atom stereocenters. The molecule has 4 rings (SSSR count). The topological polar surface area (TPSA) is 85.8 Å². The third kappa shape index (κ3) is 5.30. The van der Waals surface area contributed by atoms with Gasteiger partial charge < -0.3 is 15.1 Å². The lowest BCUT2D eigenvalue weighted by molar-refractivity contribution is 0.0951. The van der Waals surface area contributed by atoms with E-state index in [1.54, 1.807) is 18.3 Å². The maximum absolute atomic E-state index is 13.2. The fraction of sp³-hybridized carbons (Fsp3) is 0.500. The number of carbonyl (C=O) groups is 1. The van der Waals surface area contributed by atoms with Crippen LogP contribution in [0.15, 0.2) is 41.4 Å². The third-order valence-corrected chi connectivity index (χ3v) is 8.19. The molecule has 9 heteroatoms. The van der Waals surface area contributed by atoms with Crippen LogP contribution >= 0.6 is 0 Å². The summed E-state index contributed by atoms with van der Waals surface area (Å²) in [7, 11) is -0.655. The number of amides is 1. The molecule has 0 radical (unpaired) electrons. The molecule has 2 aromatic rings. The molecule has 178 valence electrons. The van der Waals surface area contributed by atoms with Crippen molar-refractivity contribution in [2.45, 2.75) is 43.5 Å². The molecule has 1 N–H and O–H groups in total. The Bertz CT molecular complexity index is 1070. The van der Waals surface area contributed by atoms with E-state index in [2.05, 4.69) is 20.1 Å². The highest BCUT2D eigenvalue weighted by Crippen LogP contribution is 2.28. The zero-order valence-corrected chi connectivity index (χ0v) is 20.3. The number of piperidine rings is 1. The van der Waals surface area contributed by atoms with Gasteiger partial charge in [-0.25, -0.2) is 17.7 Å². The Morgan fingerprint density at radius 3 is 2.27 bits per heavy atom. The first-order valence-corrected chi connectivity index (χ1v) is 13.1. The molecule has 8 nitrogen and oxygen atoms in total. The first kappa shape index (κ1) is 23.5. The molecule has 1 aromatic carbocycles. The first-order chi connectivity index (χ1) is 15.9. The van der Waals surface area contributed by atoms with Gasteiger partial charge >= 0.3 is 0 Å². The van der Waals surface area contributed by atoms with Gasteiger partial charge in [0.05, 0.1) is 10.5 Å². The van der Waals surface area contributed by atoms with E-state index < -0.39 is 10.0 Å². The minimum atomic E-state index is -3.64. The van der Waals surface area contributed by atoms with Gasteiger partial charge in [0, 0.05) is 58.7 Å². The monoisotopic (exact) mass is 471 g/mol. The van der Waals surface area contributed by atoms with E-state index in [0.717, 1.165) is 60.4 Å². The fourth-order valence-electron chi connectivity index (χ4n) is 4.41. The minimum absolute atomic E-state index is 0.120. The third-order valence-electron chi connectivity index (χ3n) is 6.38. The summed E-state index contributed by atoms with van der Waals surface area (Å²) in [6.07, 6.45) is 7.49. The standard InChI is InChI=1S/C24H33N5O3S/c1-27(2)33(31,32)20-9-10-22(28-12-4-3-5-13-28)21(16-20)24(30)26-18-19-8-11-23(25-17-19)29-14-6-7-15-29/h8-11,16-17H,3-7,12-15,18H2,1-2H3,(H,26,30). The Balaban J connectivity index is 1.54. The van der Waals surface area contributed by atoms with E-state index in [1.165, 1.54) is 39.4 Å². The van der Waals surface area contributed by atoms with E-state index in [9.17, 15) is 13.2 Å². The number of aromatic nitrogens is 1. The number of benzene rings is 1. The van der Waals surface area contributed by atoms with Crippen LogP contribution in [0.2, 0.25) is 0 Å². The molecule has 0 saturated carbocycles. The lowest BCUT2D eigenvalue weighted by Crippen LogP contribution is -2.33. The van der Waals surface area contributed by atoms with Crippen molar-refractivity contribution in [3.8, 4) is 0 Å². The van der Waals surface area contributed by atoms with E-state index in [1.807, 2.05) is 12.1 Å². The summed E-state index contributed by atoms with van der Waals surface area (Å²) in [4.78, 5) is 22.3. The number of rotatable bonds is 7. The zero-order chi connectivity index (χ0) is 23.4. The SMILES string of the molecule is CN(C)S(=O)(=O)c1ccc(N2CCCCC2)c(C(=O)NCc2ccc(N3CCCC3)nc2)c1. The van der Waals surface area contributed by atoms with Crippen LogP contribution in [0.4, 0.5) is 11.5 Å². The molecule has 2 aliphatic rings. The molecule has 0 aliphatic carbocycles. The molecule has 1 aromatic heterocycles. The van der Waals surface area contributed by atoms with Crippen LogP contribution in [0.3, 0.4) is 0 Å². The van der Waals surface area contributed by atoms with E-state index in [-0.39, 0.29) is 10.8 Å². The molecule has 2 saturated heterocycles. The molecular weight excluding hydrogens is 438 g/mol. The first-order valence-electron chi connectivity index (χ1n) is 11.7. The average Bonchev–Trinajstić information content (AvgIpc) is 3.38. The van der Waals surface area contributed by atoms with Crippen molar-refractivity contribution in [1.82, 2.24) is 14.6 Å². The Kier molecular flexibility index (Phi) is 7.19. The molecule has 0 bridgehead atoms. The molecule has 0 spiro atoms. The van der Waals surface area contributed by atoms with Crippen LogP contribution in [-0.4, -0.2) is 63.9 Å². The molecule has 2 fully saturated rings. The van der Waals surface area contributed by atoms with Crippen molar-refractivity contribution < 1.29 is 13.2 Å².